The number of hydrogen-bond donors (Lipinski definition) is 0. The van der Waals surface area contributed by atoms with Crippen LogP contribution in [0.4, 0.5) is 0 Å². The second-order valence-electron chi connectivity index (χ2n) is 12.7. The van der Waals surface area contributed by atoms with Crippen LogP contribution in [0.3, 0.4) is 0 Å². The Kier molecular flexibility index (Phi) is 6.60. The summed E-state index contributed by atoms with van der Waals surface area (Å²) in [5, 5.41) is 2.42. The molecule has 4 aromatic heterocycles. The van der Waals surface area contributed by atoms with Crippen molar-refractivity contribution in [2.24, 2.45) is 7.05 Å². The minimum absolute atomic E-state index is 0.346. The molecule has 8 aromatic rings. The molecule has 0 atom stereocenters. The predicted molar refractivity (Wildman–Crippen MR) is 189 cm³/mol. The van der Waals surface area contributed by atoms with Gasteiger partial charge in [0.2, 0.25) is 5.95 Å². The van der Waals surface area contributed by atoms with Crippen LogP contribution < -0.4 is 0 Å². The van der Waals surface area contributed by atoms with Crippen LogP contribution in [0, 0.1) is 0 Å². The number of benzene rings is 4. The summed E-state index contributed by atoms with van der Waals surface area (Å²) in [6.45, 7) is 9.04. The average molecular weight is 601 g/mol. The minimum atomic E-state index is 0.346. The number of nitrogens with zero attached hydrogens (tertiary/aromatic N) is 6. The summed E-state index contributed by atoms with van der Waals surface area (Å²) in [4.78, 5) is 14.9. The van der Waals surface area contributed by atoms with Crippen LogP contribution in [0.2, 0.25) is 0 Å². The maximum Gasteiger partial charge on any atom is 0.214 e. The molecule has 226 valence electrons. The van der Waals surface area contributed by atoms with Crippen molar-refractivity contribution in [2.75, 3.05) is 0 Å². The van der Waals surface area contributed by atoms with Gasteiger partial charge in [-0.25, -0.2) is 15.0 Å². The Morgan fingerprint density at radius 1 is 0.587 bits per heavy atom. The van der Waals surface area contributed by atoms with Crippen molar-refractivity contribution in [3.8, 4) is 34.3 Å². The van der Waals surface area contributed by atoms with E-state index in [0.29, 0.717) is 11.8 Å². The Balaban J connectivity index is 1.39. The van der Waals surface area contributed by atoms with Gasteiger partial charge in [0.25, 0.3) is 0 Å². The second-order valence-corrected chi connectivity index (χ2v) is 12.7. The summed E-state index contributed by atoms with van der Waals surface area (Å²) in [6.07, 6.45) is 5.70. The van der Waals surface area contributed by atoms with Crippen molar-refractivity contribution < 1.29 is 0 Å². The van der Waals surface area contributed by atoms with Crippen molar-refractivity contribution in [3.63, 3.8) is 0 Å². The van der Waals surface area contributed by atoms with Crippen molar-refractivity contribution in [1.82, 2.24) is 28.7 Å². The number of imidazole rings is 2. The van der Waals surface area contributed by atoms with Gasteiger partial charge in [0.05, 0.1) is 22.1 Å². The molecule has 0 amide bonds. The van der Waals surface area contributed by atoms with Crippen LogP contribution in [0.25, 0.3) is 67.1 Å². The molecule has 0 saturated carbocycles. The van der Waals surface area contributed by atoms with Crippen LogP contribution in [0.15, 0.2) is 116 Å². The van der Waals surface area contributed by atoms with Crippen LogP contribution in [0.5, 0.6) is 0 Å². The molecule has 0 N–H and O–H groups in total. The maximum absolute atomic E-state index is 5.32. The zero-order valence-electron chi connectivity index (χ0n) is 26.8. The first kappa shape index (κ1) is 28.0. The Bertz CT molecular complexity index is 2360. The van der Waals surface area contributed by atoms with Crippen molar-refractivity contribution in [1.29, 1.82) is 0 Å². The zero-order chi connectivity index (χ0) is 31.5. The third-order valence-corrected chi connectivity index (χ3v) is 9.13. The van der Waals surface area contributed by atoms with E-state index in [4.69, 9.17) is 15.0 Å². The van der Waals surface area contributed by atoms with E-state index in [1.54, 1.807) is 0 Å². The molecule has 46 heavy (non-hydrogen) atoms. The van der Waals surface area contributed by atoms with Gasteiger partial charge < -0.3 is 4.57 Å². The molecule has 0 unspecified atom stereocenters. The maximum atomic E-state index is 5.32. The molecule has 0 aliphatic heterocycles. The Morgan fingerprint density at radius 3 is 1.98 bits per heavy atom. The van der Waals surface area contributed by atoms with Gasteiger partial charge in [0.1, 0.15) is 11.6 Å². The molecule has 4 aromatic carbocycles. The summed E-state index contributed by atoms with van der Waals surface area (Å²) < 4.78 is 6.58. The van der Waals surface area contributed by atoms with Crippen molar-refractivity contribution >= 4 is 32.8 Å². The van der Waals surface area contributed by atoms with E-state index in [1.807, 2.05) is 37.8 Å². The zero-order valence-corrected chi connectivity index (χ0v) is 26.8. The average Bonchev–Trinajstić information content (AvgIpc) is 3.76. The Hall–Kier alpha value is -5.49. The van der Waals surface area contributed by atoms with E-state index in [0.717, 1.165) is 50.8 Å². The molecule has 0 saturated heterocycles. The lowest BCUT2D eigenvalue weighted by Gasteiger charge is -2.20. The lowest BCUT2D eigenvalue weighted by atomic mass is 9.88. The van der Waals surface area contributed by atoms with Gasteiger partial charge in [-0.2, -0.15) is 0 Å². The fourth-order valence-electron chi connectivity index (χ4n) is 6.89. The Labute approximate surface area is 268 Å². The van der Waals surface area contributed by atoms with Crippen LogP contribution in [-0.4, -0.2) is 28.7 Å². The van der Waals surface area contributed by atoms with Crippen LogP contribution in [-0.2, 0) is 7.05 Å². The first-order valence-corrected chi connectivity index (χ1v) is 16.0. The number of para-hydroxylation sites is 1. The second kappa shape index (κ2) is 10.8. The van der Waals surface area contributed by atoms with Gasteiger partial charge in [-0.1, -0.05) is 88.4 Å². The summed E-state index contributed by atoms with van der Waals surface area (Å²) in [5.74, 6) is 3.37. The van der Waals surface area contributed by atoms with Crippen LogP contribution >= 0.6 is 0 Å². The fourth-order valence-corrected chi connectivity index (χ4v) is 6.89. The van der Waals surface area contributed by atoms with Crippen molar-refractivity contribution in [3.05, 3.63) is 127 Å². The monoisotopic (exact) mass is 600 g/mol. The van der Waals surface area contributed by atoms with Gasteiger partial charge in [0.15, 0.2) is 0 Å². The highest BCUT2D eigenvalue weighted by Crippen LogP contribution is 2.40. The summed E-state index contributed by atoms with van der Waals surface area (Å²) >= 11 is 0. The number of fused-ring (bicyclic) bond motifs is 4. The standard InChI is InChI=1S/C40H36N6/c1-25(2)29-12-10-13-30(26(3)4)38(29)39-43-33-19-17-28(24-36(33)46(39)37-15-8-9-20-41-37)27-16-18-32-31-11-6-7-14-34(31)45(35(32)23-27)40-42-21-22-44(40)5/h6-26H,1-5H3. The first-order chi connectivity index (χ1) is 22.4. The normalized spacial score (nSPS) is 12.0. The lowest BCUT2D eigenvalue weighted by Crippen LogP contribution is -2.06. The third kappa shape index (κ3) is 4.36. The van der Waals surface area contributed by atoms with E-state index in [2.05, 4.69) is 126 Å². The molecule has 8 rings (SSSR count). The molecular formula is C40H36N6. The smallest absolute Gasteiger partial charge is 0.214 e. The van der Waals surface area contributed by atoms with Crippen LogP contribution in [0.1, 0.15) is 50.7 Å². The number of aromatic nitrogens is 6. The molecule has 6 heteroatoms. The number of aryl methyl sites for hydroxylation is 1. The van der Waals surface area contributed by atoms with Gasteiger partial charge in [-0.3, -0.25) is 9.13 Å². The topological polar surface area (TPSA) is 53.5 Å². The molecular weight excluding hydrogens is 564 g/mol. The minimum Gasteiger partial charge on any atom is -0.320 e. The van der Waals surface area contributed by atoms with Gasteiger partial charge in [0, 0.05) is 42.0 Å². The molecule has 6 nitrogen and oxygen atoms in total. The SMILES string of the molecule is CC(C)c1cccc(C(C)C)c1-c1nc2ccc(-c3ccc4c5ccccc5n(-c5nccn5C)c4c3)cc2n1-c1ccccn1. The van der Waals surface area contributed by atoms with E-state index < -0.39 is 0 Å². The van der Waals surface area contributed by atoms with E-state index in [-0.39, 0.29) is 0 Å². The quantitative estimate of drug-likeness (QED) is 0.191. The Morgan fingerprint density at radius 2 is 1.28 bits per heavy atom. The van der Waals surface area contributed by atoms with E-state index in [1.165, 1.54) is 27.5 Å². The van der Waals surface area contributed by atoms with Gasteiger partial charge in [-0.05, 0) is 70.5 Å². The molecule has 4 heterocycles. The molecule has 0 aliphatic carbocycles. The summed E-state index contributed by atoms with van der Waals surface area (Å²) in [6, 6.07) is 34.7. The summed E-state index contributed by atoms with van der Waals surface area (Å²) in [5.41, 5.74) is 10.3. The van der Waals surface area contributed by atoms with Gasteiger partial charge >= 0.3 is 0 Å². The van der Waals surface area contributed by atoms with E-state index >= 15 is 0 Å². The lowest BCUT2D eigenvalue weighted by molar-refractivity contribution is 0.832. The number of pyridine rings is 1. The fraction of sp³-hybridized carbons (Fsp3) is 0.175. The molecule has 0 radical (unpaired) electrons. The highest BCUT2D eigenvalue weighted by atomic mass is 15.2. The largest absolute Gasteiger partial charge is 0.320 e. The number of rotatable bonds is 6. The summed E-state index contributed by atoms with van der Waals surface area (Å²) in [7, 11) is 2.04. The highest BCUT2D eigenvalue weighted by Gasteiger charge is 2.23. The van der Waals surface area contributed by atoms with Gasteiger partial charge in [-0.15, -0.1) is 0 Å². The first-order valence-electron chi connectivity index (χ1n) is 16.0. The molecule has 0 fully saturated rings. The molecule has 0 bridgehead atoms. The predicted octanol–water partition coefficient (Wildman–Crippen LogP) is 9.83. The van der Waals surface area contributed by atoms with Crippen molar-refractivity contribution in [2.45, 2.75) is 39.5 Å². The molecule has 0 spiro atoms. The third-order valence-electron chi connectivity index (χ3n) is 9.13. The molecule has 0 aliphatic rings. The number of hydrogen-bond acceptors (Lipinski definition) is 3. The highest BCUT2D eigenvalue weighted by molar-refractivity contribution is 6.10. The van der Waals surface area contributed by atoms with E-state index in [9.17, 15) is 0 Å².